The minimum Gasteiger partial charge on any atom is -0.292 e. The van der Waals surface area contributed by atoms with E-state index >= 15 is 0 Å². The number of rotatable bonds is 6. The predicted octanol–water partition coefficient (Wildman–Crippen LogP) is 13.0. The highest BCUT2D eigenvalue weighted by Crippen LogP contribution is 2.50. The molecule has 0 aliphatic heterocycles. The second-order valence-corrected chi connectivity index (χ2v) is 14.2. The van der Waals surface area contributed by atoms with E-state index in [1.807, 2.05) is 12.4 Å². The molecule has 8 aromatic carbocycles. The summed E-state index contributed by atoms with van der Waals surface area (Å²) in [5.74, 6) is 0.784. The van der Waals surface area contributed by atoms with Crippen molar-refractivity contribution in [2.75, 3.05) is 0 Å². The van der Waals surface area contributed by atoms with Gasteiger partial charge in [-0.3, -0.25) is 9.55 Å². The van der Waals surface area contributed by atoms with Crippen LogP contribution in [-0.2, 0) is 0 Å². The number of nitrogens with zero attached hydrogens (tertiary/aromatic N) is 3. The van der Waals surface area contributed by atoms with Gasteiger partial charge in [-0.25, -0.2) is 4.98 Å². The molecule has 0 saturated carbocycles. The molecule has 3 nitrogen and oxygen atoms in total. The summed E-state index contributed by atoms with van der Waals surface area (Å²) >= 11 is 0. The van der Waals surface area contributed by atoms with Gasteiger partial charge >= 0.3 is 0 Å². The maximum Gasteiger partial charge on any atom is 0.156 e. The lowest BCUT2D eigenvalue weighted by Gasteiger charge is -2.19. The largest absolute Gasteiger partial charge is 0.292 e. The standard InChI is InChI=1S/C52H33N3/c1-5-15-34(16-6-1)39-29-40(35-17-7-2-8-18-35)31-41(30-39)44-32-53-33-47(54-44)55-45-26-14-25-43-49(37-21-11-4-12-22-37)48(36-19-9-3-10-20-36)42-24-13-23-38-27-28-46(55)52(50(38)42)51(43)45/h1-33H. The Morgan fingerprint density at radius 3 is 1.45 bits per heavy atom. The average Bonchev–Trinajstić information content (AvgIpc) is 3.54. The van der Waals surface area contributed by atoms with E-state index in [4.69, 9.17) is 9.97 Å². The summed E-state index contributed by atoms with van der Waals surface area (Å²) < 4.78 is 2.32. The lowest BCUT2D eigenvalue weighted by Crippen LogP contribution is -2.01. The molecule has 11 rings (SSSR count). The van der Waals surface area contributed by atoms with Gasteiger partial charge in [0.2, 0.25) is 0 Å². The number of hydrogen-bond acceptors (Lipinski definition) is 2. The highest BCUT2D eigenvalue weighted by Gasteiger charge is 2.28. The smallest absolute Gasteiger partial charge is 0.156 e. The van der Waals surface area contributed by atoms with Gasteiger partial charge in [0.05, 0.1) is 29.1 Å². The van der Waals surface area contributed by atoms with Crippen molar-refractivity contribution < 1.29 is 0 Å². The van der Waals surface area contributed by atoms with Crippen LogP contribution in [0.25, 0.3) is 83.1 Å². The highest BCUT2D eigenvalue weighted by atomic mass is 15.1. The molecule has 0 unspecified atom stereocenters. The first-order chi connectivity index (χ1) is 27.3. The van der Waals surface area contributed by atoms with Gasteiger partial charge in [0.15, 0.2) is 5.82 Å². The molecule has 0 radical (unpaired) electrons. The molecule has 1 aliphatic carbocycles. The maximum absolute atomic E-state index is 5.43. The van der Waals surface area contributed by atoms with Gasteiger partial charge in [-0.1, -0.05) is 158 Å². The van der Waals surface area contributed by atoms with Crippen LogP contribution in [0.4, 0.5) is 0 Å². The molecular weight excluding hydrogens is 667 g/mol. The van der Waals surface area contributed by atoms with Gasteiger partial charge in [0, 0.05) is 16.3 Å². The van der Waals surface area contributed by atoms with E-state index in [1.165, 1.54) is 54.9 Å². The Morgan fingerprint density at radius 1 is 0.345 bits per heavy atom. The van der Waals surface area contributed by atoms with Crippen LogP contribution in [-0.4, -0.2) is 14.5 Å². The van der Waals surface area contributed by atoms with Crippen LogP contribution in [0.2, 0.25) is 0 Å². The van der Waals surface area contributed by atoms with Gasteiger partial charge in [-0.2, -0.15) is 0 Å². The molecule has 2 aromatic heterocycles. The molecule has 1 aliphatic rings. The SMILES string of the molecule is c1ccc(C2=C(c3ccccc3)c3cccc4c3c3c5c2cccc5ccc3n4-c2cncc(-c3cc(-c4ccccc4)cc(-c4ccccc4)c3)n2)cc1. The average molecular weight is 700 g/mol. The summed E-state index contributed by atoms with van der Waals surface area (Å²) in [5, 5.41) is 4.94. The lowest BCUT2D eigenvalue weighted by atomic mass is 9.85. The first-order valence-electron chi connectivity index (χ1n) is 18.7. The minimum atomic E-state index is 0.784. The Balaban J connectivity index is 1.19. The van der Waals surface area contributed by atoms with Crippen molar-refractivity contribution in [3.05, 3.63) is 223 Å². The van der Waals surface area contributed by atoms with Gasteiger partial charge in [0.1, 0.15) is 0 Å². The van der Waals surface area contributed by atoms with E-state index in [9.17, 15) is 0 Å². The Kier molecular flexibility index (Phi) is 7.17. The van der Waals surface area contributed by atoms with Crippen molar-refractivity contribution in [2.24, 2.45) is 0 Å². The normalized spacial score (nSPS) is 12.3. The topological polar surface area (TPSA) is 30.7 Å². The monoisotopic (exact) mass is 699 g/mol. The van der Waals surface area contributed by atoms with E-state index in [1.54, 1.807) is 0 Å². The summed E-state index contributed by atoms with van der Waals surface area (Å²) in [7, 11) is 0. The van der Waals surface area contributed by atoms with Crippen molar-refractivity contribution in [1.82, 2.24) is 14.5 Å². The molecule has 0 fully saturated rings. The maximum atomic E-state index is 5.43. The van der Waals surface area contributed by atoms with Crippen LogP contribution in [0.1, 0.15) is 22.3 Å². The molecule has 0 atom stereocenters. The fourth-order valence-corrected chi connectivity index (χ4v) is 8.64. The third kappa shape index (κ3) is 5.05. The quantitative estimate of drug-likeness (QED) is 0.173. The first kappa shape index (κ1) is 31.2. The third-order valence-electron chi connectivity index (χ3n) is 11.0. The summed E-state index contributed by atoms with van der Waals surface area (Å²) in [5.41, 5.74) is 16.0. The minimum absolute atomic E-state index is 0.784. The number of aromatic nitrogens is 3. The summed E-state index contributed by atoms with van der Waals surface area (Å²) in [4.78, 5) is 10.3. The Bertz CT molecular complexity index is 3050. The molecular formula is C52H33N3. The second-order valence-electron chi connectivity index (χ2n) is 14.2. The molecule has 0 amide bonds. The van der Waals surface area contributed by atoms with Crippen LogP contribution >= 0.6 is 0 Å². The molecule has 3 heteroatoms. The molecule has 0 spiro atoms. The van der Waals surface area contributed by atoms with Crippen LogP contribution < -0.4 is 0 Å². The Labute approximate surface area is 319 Å². The molecule has 10 aromatic rings. The van der Waals surface area contributed by atoms with Gasteiger partial charge in [0.25, 0.3) is 0 Å². The number of benzene rings is 8. The van der Waals surface area contributed by atoms with Crippen LogP contribution in [0.3, 0.4) is 0 Å². The zero-order valence-electron chi connectivity index (χ0n) is 29.9. The van der Waals surface area contributed by atoms with Crippen molar-refractivity contribution in [1.29, 1.82) is 0 Å². The van der Waals surface area contributed by atoms with Crippen molar-refractivity contribution in [2.45, 2.75) is 0 Å². The Hall–Kier alpha value is -7.36. The summed E-state index contributed by atoms with van der Waals surface area (Å²) in [6.07, 6.45) is 3.79. The first-order valence-corrected chi connectivity index (χ1v) is 18.7. The zero-order valence-corrected chi connectivity index (χ0v) is 29.9. The van der Waals surface area contributed by atoms with Gasteiger partial charge < -0.3 is 0 Å². The third-order valence-corrected chi connectivity index (χ3v) is 11.0. The predicted molar refractivity (Wildman–Crippen MR) is 228 cm³/mol. The lowest BCUT2D eigenvalue weighted by molar-refractivity contribution is 1.05. The number of hydrogen-bond donors (Lipinski definition) is 0. The summed E-state index contributed by atoms with van der Waals surface area (Å²) in [6.45, 7) is 0. The van der Waals surface area contributed by atoms with E-state index in [0.29, 0.717) is 0 Å². The second kappa shape index (κ2) is 12.6. The summed E-state index contributed by atoms with van der Waals surface area (Å²) in [6, 6.07) is 67.6. The van der Waals surface area contributed by atoms with Crippen LogP contribution in [0.5, 0.6) is 0 Å². The zero-order chi connectivity index (χ0) is 36.3. The van der Waals surface area contributed by atoms with E-state index < -0.39 is 0 Å². The van der Waals surface area contributed by atoms with Gasteiger partial charge in [-0.15, -0.1) is 0 Å². The molecule has 256 valence electrons. The fraction of sp³-hybridized carbons (Fsp3) is 0. The Morgan fingerprint density at radius 2 is 0.855 bits per heavy atom. The van der Waals surface area contributed by atoms with Crippen LogP contribution in [0.15, 0.2) is 200 Å². The highest BCUT2D eigenvalue weighted by molar-refractivity contribution is 6.31. The molecule has 0 bridgehead atoms. The van der Waals surface area contributed by atoms with Crippen molar-refractivity contribution in [3.63, 3.8) is 0 Å². The van der Waals surface area contributed by atoms with E-state index in [-0.39, 0.29) is 0 Å². The van der Waals surface area contributed by atoms with E-state index in [2.05, 4.69) is 193 Å². The van der Waals surface area contributed by atoms with Crippen LogP contribution in [0, 0.1) is 0 Å². The molecule has 0 N–H and O–H groups in total. The molecule has 0 saturated heterocycles. The molecule has 55 heavy (non-hydrogen) atoms. The van der Waals surface area contributed by atoms with Crippen molar-refractivity contribution >= 4 is 43.7 Å². The fourth-order valence-electron chi connectivity index (χ4n) is 8.64. The molecule has 2 heterocycles. The van der Waals surface area contributed by atoms with Gasteiger partial charge in [-0.05, 0) is 96.8 Å². The van der Waals surface area contributed by atoms with E-state index in [0.717, 1.165) is 50.4 Å². The van der Waals surface area contributed by atoms with Crippen molar-refractivity contribution in [3.8, 4) is 39.3 Å².